The molecule has 1 aromatic heterocycles. The largest absolute Gasteiger partial charge is 0.384 e. The number of carbonyl (C=O) groups excluding carboxylic acids is 1. The van der Waals surface area contributed by atoms with Gasteiger partial charge in [0.15, 0.2) is 0 Å². The van der Waals surface area contributed by atoms with Crippen LogP contribution in [0.2, 0.25) is 5.02 Å². The zero-order chi connectivity index (χ0) is 15.4. The van der Waals surface area contributed by atoms with E-state index in [2.05, 4.69) is 22.1 Å². The van der Waals surface area contributed by atoms with Gasteiger partial charge in [0.1, 0.15) is 11.4 Å². The van der Waals surface area contributed by atoms with Crippen molar-refractivity contribution in [3.05, 3.63) is 27.0 Å². The molecule has 4 N–H and O–H groups in total. The zero-order valence-corrected chi connectivity index (χ0v) is 12.9. The number of aromatic amines is 1. The van der Waals surface area contributed by atoms with Gasteiger partial charge in [-0.1, -0.05) is 18.5 Å². The summed E-state index contributed by atoms with van der Waals surface area (Å²) in [6.45, 7) is 5.92. The van der Waals surface area contributed by atoms with E-state index in [1.807, 2.05) is 0 Å². The standard InChI is InChI=1S/C14H21ClN4O2/c1-2-19-5-3-9(4-6-19)8-17-13(20)10-7-11(15)12(16)18-14(10)21/h7,9H,2-6,8H2,1H3,(H,17,20)(H3,16,18,21). The molecule has 0 saturated carbocycles. The van der Waals surface area contributed by atoms with Crippen molar-refractivity contribution in [2.75, 3.05) is 31.9 Å². The van der Waals surface area contributed by atoms with Crippen molar-refractivity contribution in [2.45, 2.75) is 19.8 Å². The van der Waals surface area contributed by atoms with Crippen LogP contribution in [0, 0.1) is 5.92 Å². The first-order chi connectivity index (χ1) is 10.0. The van der Waals surface area contributed by atoms with Crippen molar-refractivity contribution in [3.63, 3.8) is 0 Å². The topological polar surface area (TPSA) is 91.2 Å². The van der Waals surface area contributed by atoms with Crippen LogP contribution in [0.25, 0.3) is 0 Å². The van der Waals surface area contributed by atoms with Crippen molar-refractivity contribution in [1.82, 2.24) is 15.2 Å². The molecule has 1 aromatic rings. The summed E-state index contributed by atoms with van der Waals surface area (Å²) in [6.07, 6.45) is 2.12. The molecule has 0 bridgehead atoms. The quantitative estimate of drug-likeness (QED) is 0.775. The number of piperidine rings is 1. The third kappa shape index (κ3) is 3.98. The lowest BCUT2D eigenvalue weighted by Gasteiger charge is -2.31. The maximum absolute atomic E-state index is 12.1. The van der Waals surface area contributed by atoms with Gasteiger partial charge in [-0.3, -0.25) is 9.59 Å². The van der Waals surface area contributed by atoms with Crippen LogP contribution in [-0.2, 0) is 0 Å². The van der Waals surface area contributed by atoms with E-state index in [9.17, 15) is 9.59 Å². The molecule has 2 rings (SSSR count). The van der Waals surface area contributed by atoms with Gasteiger partial charge in [0.25, 0.3) is 11.5 Å². The molecule has 1 amide bonds. The number of aromatic nitrogens is 1. The molecule has 0 aliphatic carbocycles. The highest BCUT2D eigenvalue weighted by Gasteiger charge is 2.20. The SMILES string of the molecule is CCN1CCC(CNC(=O)c2cc(Cl)c(N)[nH]c2=O)CC1. The monoisotopic (exact) mass is 312 g/mol. The van der Waals surface area contributed by atoms with Crippen LogP contribution in [0.5, 0.6) is 0 Å². The Hall–Kier alpha value is -1.53. The summed E-state index contributed by atoms with van der Waals surface area (Å²) in [5.41, 5.74) is 4.96. The number of nitrogens with zero attached hydrogens (tertiary/aromatic N) is 1. The number of anilines is 1. The minimum Gasteiger partial charge on any atom is -0.384 e. The number of nitrogen functional groups attached to an aromatic ring is 1. The van der Waals surface area contributed by atoms with Crippen LogP contribution in [0.3, 0.4) is 0 Å². The number of amides is 1. The summed E-state index contributed by atoms with van der Waals surface area (Å²) in [5, 5.41) is 2.99. The Morgan fingerprint density at radius 1 is 1.52 bits per heavy atom. The molecule has 21 heavy (non-hydrogen) atoms. The summed E-state index contributed by atoms with van der Waals surface area (Å²) < 4.78 is 0. The number of nitrogens with two attached hydrogens (primary N) is 1. The summed E-state index contributed by atoms with van der Waals surface area (Å²) in [4.78, 5) is 28.5. The molecule has 0 atom stereocenters. The predicted octanol–water partition coefficient (Wildman–Crippen LogP) is 1.07. The number of nitrogens with one attached hydrogen (secondary N) is 2. The number of hydrogen-bond donors (Lipinski definition) is 3. The summed E-state index contributed by atoms with van der Waals surface area (Å²) >= 11 is 5.83. The summed E-state index contributed by atoms with van der Waals surface area (Å²) in [5.74, 6) is 0.126. The lowest BCUT2D eigenvalue weighted by Crippen LogP contribution is -2.39. The molecule has 2 heterocycles. The van der Waals surface area contributed by atoms with Crippen LogP contribution in [0.15, 0.2) is 10.9 Å². The molecule has 1 aliphatic rings. The van der Waals surface area contributed by atoms with Crippen molar-refractivity contribution >= 4 is 23.3 Å². The normalized spacial score (nSPS) is 16.9. The van der Waals surface area contributed by atoms with E-state index in [0.29, 0.717) is 12.5 Å². The summed E-state index contributed by atoms with van der Waals surface area (Å²) in [6, 6.07) is 1.31. The third-order valence-electron chi connectivity index (χ3n) is 3.97. The molecule has 0 spiro atoms. The maximum atomic E-state index is 12.1. The molecule has 1 saturated heterocycles. The second-order valence-corrected chi connectivity index (χ2v) is 5.77. The molecule has 116 valence electrons. The first-order valence-electron chi connectivity index (χ1n) is 7.20. The van der Waals surface area contributed by atoms with Gasteiger partial charge in [-0.05, 0) is 44.5 Å². The van der Waals surface area contributed by atoms with Gasteiger partial charge in [-0.2, -0.15) is 0 Å². The van der Waals surface area contributed by atoms with Crippen LogP contribution in [0.4, 0.5) is 5.82 Å². The first-order valence-corrected chi connectivity index (χ1v) is 7.58. The minimum absolute atomic E-state index is 0.000180. The average Bonchev–Trinajstić information content (AvgIpc) is 2.49. The number of halogens is 1. The molecular formula is C14H21ClN4O2. The second-order valence-electron chi connectivity index (χ2n) is 5.36. The second kappa shape index (κ2) is 6.95. The van der Waals surface area contributed by atoms with Crippen molar-refractivity contribution < 1.29 is 4.79 Å². The molecule has 7 heteroatoms. The minimum atomic E-state index is -0.518. The smallest absolute Gasteiger partial charge is 0.262 e. The average molecular weight is 313 g/mol. The lowest BCUT2D eigenvalue weighted by atomic mass is 9.97. The molecule has 0 aromatic carbocycles. The van der Waals surface area contributed by atoms with E-state index in [1.54, 1.807) is 0 Å². The van der Waals surface area contributed by atoms with Gasteiger partial charge >= 0.3 is 0 Å². The predicted molar refractivity (Wildman–Crippen MR) is 83.7 cm³/mol. The highest BCUT2D eigenvalue weighted by atomic mass is 35.5. The number of likely N-dealkylation sites (tertiary alicyclic amines) is 1. The van der Waals surface area contributed by atoms with Crippen LogP contribution < -0.4 is 16.6 Å². The van der Waals surface area contributed by atoms with Crippen molar-refractivity contribution in [1.29, 1.82) is 0 Å². The van der Waals surface area contributed by atoms with E-state index < -0.39 is 11.5 Å². The molecule has 0 radical (unpaired) electrons. The van der Waals surface area contributed by atoms with Crippen LogP contribution in [-0.4, -0.2) is 42.0 Å². The van der Waals surface area contributed by atoms with E-state index >= 15 is 0 Å². The van der Waals surface area contributed by atoms with Gasteiger partial charge in [-0.15, -0.1) is 0 Å². The van der Waals surface area contributed by atoms with E-state index in [-0.39, 0.29) is 16.4 Å². The van der Waals surface area contributed by atoms with Gasteiger partial charge in [0.2, 0.25) is 0 Å². The van der Waals surface area contributed by atoms with Gasteiger partial charge < -0.3 is 20.9 Å². The number of pyridine rings is 1. The van der Waals surface area contributed by atoms with Gasteiger partial charge in [0.05, 0.1) is 5.02 Å². The maximum Gasteiger partial charge on any atom is 0.262 e. The number of carbonyl (C=O) groups is 1. The Morgan fingerprint density at radius 3 is 2.81 bits per heavy atom. The molecule has 6 nitrogen and oxygen atoms in total. The van der Waals surface area contributed by atoms with Crippen LogP contribution >= 0.6 is 11.6 Å². The van der Waals surface area contributed by atoms with Crippen LogP contribution in [0.1, 0.15) is 30.1 Å². The lowest BCUT2D eigenvalue weighted by molar-refractivity contribution is 0.0935. The highest BCUT2D eigenvalue weighted by molar-refractivity contribution is 6.33. The summed E-state index contributed by atoms with van der Waals surface area (Å²) in [7, 11) is 0. The van der Waals surface area contributed by atoms with Gasteiger partial charge in [-0.25, -0.2) is 0 Å². The number of hydrogen-bond acceptors (Lipinski definition) is 4. The van der Waals surface area contributed by atoms with Crippen molar-refractivity contribution in [2.24, 2.45) is 5.92 Å². The highest BCUT2D eigenvalue weighted by Crippen LogP contribution is 2.17. The van der Waals surface area contributed by atoms with Gasteiger partial charge in [0, 0.05) is 6.54 Å². The molecule has 0 unspecified atom stereocenters. The Morgan fingerprint density at radius 2 is 2.19 bits per heavy atom. The van der Waals surface area contributed by atoms with E-state index in [4.69, 9.17) is 17.3 Å². The fourth-order valence-corrected chi connectivity index (χ4v) is 2.68. The zero-order valence-electron chi connectivity index (χ0n) is 12.1. The Bertz CT molecular complexity index is 565. The fraction of sp³-hybridized carbons (Fsp3) is 0.571. The molecule has 1 fully saturated rings. The first kappa shape index (κ1) is 15.9. The molecular weight excluding hydrogens is 292 g/mol. The third-order valence-corrected chi connectivity index (χ3v) is 4.28. The van der Waals surface area contributed by atoms with E-state index in [0.717, 1.165) is 32.5 Å². The fourth-order valence-electron chi connectivity index (χ4n) is 2.53. The Balaban J connectivity index is 1.91. The Labute approximate surface area is 128 Å². The van der Waals surface area contributed by atoms with E-state index in [1.165, 1.54) is 6.07 Å². The number of rotatable bonds is 4. The Kier molecular flexibility index (Phi) is 5.25. The van der Waals surface area contributed by atoms with Crippen molar-refractivity contribution in [3.8, 4) is 0 Å². The number of H-pyrrole nitrogens is 1. The molecule has 1 aliphatic heterocycles.